The minimum absolute atomic E-state index is 0.0697. The van der Waals surface area contributed by atoms with Crippen LogP contribution in [0.2, 0.25) is 0 Å². The summed E-state index contributed by atoms with van der Waals surface area (Å²) in [5.41, 5.74) is 16.4. The highest BCUT2D eigenvalue weighted by molar-refractivity contribution is 6.98. The maximum atomic E-state index is 4.80. The number of fused-ring (bicyclic) bond motifs is 1. The predicted octanol–water partition coefficient (Wildman–Crippen LogP) is 9.13. The standard InChI is InChI=1S/C44H40BN3/c1-29-24-31(3)43(32(4)25-29)45(44-33(5)26-30(2)27-34(44)6)40-20-21-41(39-15-11-10-14-38(39)40)48(42-28-46-22-23-47-42)37-18-16-36(17-19-37)35-12-8-7-9-13-35/h7-28H,1-6H3. The summed E-state index contributed by atoms with van der Waals surface area (Å²) in [6, 6.07) is 42.0. The van der Waals surface area contributed by atoms with Gasteiger partial charge in [0.05, 0.1) is 11.9 Å². The normalized spacial score (nSPS) is 11.1. The van der Waals surface area contributed by atoms with Crippen LogP contribution in [0.4, 0.5) is 17.2 Å². The van der Waals surface area contributed by atoms with Crippen LogP contribution in [-0.4, -0.2) is 16.7 Å². The molecule has 0 spiro atoms. The molecule has 0 amide bonds. The van der Waals surface area contributed by atoms with Crippen LogP contribution in [0.1, 0.15) is 33.4 Å². The Hall–Kier alpha value is -5.48. The first kappa shape index (κ1) is 31.1. The first-order valence-corrected chi connectivity index (χ1v) is 16.7. The molecule has 1 heterocycles. The molecule has 6 aromatic carbocycles. The van der Waals surface area contributed by atoms with Gasteiger partial charge in [-0.15, -0.1) is 0 Å². The molecule has 48 heavy (non-hydrogen) atoms. The van der Waals surface area contributed by atoms with Crippen LogP contribution in [0.5, 0.6) is 0 Å². The van der Waals surface area contributed by atoms with E-state index in [-0.39, 0.29) is 6.71 Å². The highest BCUT2D eigenvalue weighted by Crippen LogP contribution is 2.38. The second kappa shape index (κ2) is 13.0. The van der Waals surface area contributed by atoms with Gasteiger partial charge in [0.1, 0.15) is 0 Å². The quantitative estimate of drug-likeness (QED) is 0.166. The van der Waals surface area contributed by atoms with E-state index in [4.69, 9.17) is 4.98 Å². The van der Waals surface area contributed by atoms with Crippen LogP contribution in [-0.2, 0) is 0 Å². The zero-order valence-corrected chi connectivity index (χ0v) is 28.6. The van der Waals surface area contributed by atoms with Gasteiger partial charge in [-0.1, -0.05) is 147 Å². The minimum atomic E-state index is 0.0697. The van der Waals surface area contributed by atoms with Gasteiger partial charge >= 0.3 is 0 Å². The van der Waals surface area contributed by atoms with E-state index in [0.29, 0.717) is 0 Å². The zero-order valence-electron chi connectivity index (χ0n) is 28.6. The van der Waals surface area contributed by atoms with Crippen molar-refractivity contribution < 1.29 is 0 Å². The lowest BCUT2D eigenvalue weighted by molar-refractivity contribution is 1.13. The Labute approximate surface area is 285 Å². The first-order valence-electron chi connectivity index (χ1n) is 16.7. The van der Waals surface area contributed by atoms with Gasteiger partial charge in [0.15, 0.2) is 5.82 Å². The van der Waals surface area contributed by atoms with Crippen molar-refractivity contribution in [1.82, 2.24) is 9.97 Å². The molecule has 0 aliphatic rings. The average molecular weight is 622 g/mol. The van der Waals surface area contributed by atoms with Gasteiger partial charge in [-0.2, -0.15) is 0 Å². The number of rotatable bonds is 7. The highest BCUT2D eigenvalue weighted by Gasteiger charge is 2.31. The minimum Gasteiger partial charge on any atom is -0.293 e. The molecule has 0 fully saturated rings. The Bertz CT molecular complexity index is 2140. The van der Waals surface area contributed by atoms with Crippen molar-refractivity contribution >= 4 is 51.1 Å². The van der Waals surface area contributed by atoms with Crippen LogP contribution >= 0.6 is 0 Å². The van der Waals surface area contributed by atoms with Crippen molar-refractivity contribution in [1.29, 1.82) is 0 Å². The number of hydrogen-bond acceptors (Lipinski definition) is 3. The van der Waals surface area contributed by atoms with Gasteiger partial charge in [-0.3, -0.25) is 9.88 Å². The summed E-state index contributed by atoms with van der Waals surface area (Å²) < 4.78 is 0. The fourth-order valence-corrected chi connectivity index (χ4v) is 7.74. The lowest BCUT2D eigenvalue weighted by atomic mass is 9.33. The van der Waals surface area contributed by atoms with Crippen molar-refractivity contribution in [3.63, 3.8) is 0 Å². The van der Waals surface area contributed by atoms with Gasteiger partial charge in [-0.05, 0) is 76.3 Å². The number of nitrogens with zero attached hydrogens (tertiary/aromatic N) is 3. The number of aromatic nitrogens is 2. The zero-order chi connectivity index (χ0) is 33.4. The molecule has 0 saturated heterocycles. The Kier molecular flexibility index (Phi) is 8.41. The Balaban J connectivity index is 1.47. The van der Waals surface area contributed by atoms with Crippen LogP contribution < -0.4 is 21.3 Å². The molecule has 0 saturated carbocycles. The second-order valence-corrected chi connectivity index (χ2v) is 13.1. The molecule has 0 aliphatic carbocycles. The summed E-state index contributed by atoms with van der Waals surface area (Å²) in [4.78, 5) is 11.5. The van der Waals surface area contributed by atoms with Crippen molar-refractivity contribution in [2.24, 2.45) is 0 Å². The van der Waals surface area contributed by atoms with Gasteiger partial charge < -0.3 is 0 Å². The van der Waals surface area contributed by atoms with Gasteiger partial charge in [0, 0.05) is 23.5 Å². The summed E-state index contributed by atoms with van der Waals surface area (Å²) in [7, 11) is 0. The molecule has 0 atom stereocenters. The second-order valence-electron chi connectivity index (χ2n) is 13.1. The molecule has 234 valence electrons. The SMILES string of the molecule is Cc1cc(C)c(B(c2c(C)cc(C)cc2C)c2ccc(N(c3ccc(-c4ccccc4)cc3)c3cnccn3)c3ccccc23)c(C)c1. The van der Waals surface area contributed by atoms with Crippen LogP contribution in [0.25, 0.3) is 21.9 Å². The van der Waals surface area contributed by atoms with Crippen molar-refractivity contribution in [3.8, 4) is 11.1 Å². The Morgan fingerprint density at radius 1 is 0.521 bits per heavy atom. The summed E-state index contributed by atoms with van der Waals surface area (Å²) in [6.07, 6.45) is 5.33. The lowest BCUT2D eigenvalue weighted by Crippen LogP contribution is -2.56. The summed E-state index contributed by atoms with van der Waals surface area (Å²) >= 11 is 0. The van der Waals surface area contributed by atoms with Crippen LogP contribution in [0.3, 0.4) is 0 Å². The largest absolute Gasteiger partial charge is 0.293 e. The van der Waals surface area contributed by atoms with Crippen molar-refractivity contribution in [3.05, 3.63) is 167 Å². The van der Waals surface area contributed by atoms with Gasteiger partial charge in [-0.25, -0.2) is 4.98 Å². The number of aryl methyl sites for hydroxylation is 6. The summed E-state index contributed by atoms with van der Waals surface area (Å²) in [6.45, 7) is 13.5. The van der Waals surface area contributed by atoms with Crippen molar-refractivity contribution in [2.75, 3.05) is 4.90 Å². The molecule has 7 rings (SSSR count). The van der Waals surface area contributed by atoms with Gasteiger partial charge in [0.25, 0.3) is 0 Å². The third kappa shape index (κ3) is 5.79. The molecule has 7 aromatic rings. The number of benzene rings is 6. The molecule has 0 N–H and O–H groups in total. The third-order valence-electron chi connectivity index (χ3n) is 9.55. The number of anilines is 3. The fourth-order valence-electron chi connectivity index (χ4n) is 7.74. The first-order chi connectivity index (χ1) is 23.3. The smallest absolute Gasteiger partial charge is 0.243 e. The molecule has 0 unspecified atom stereocenters. The Morgan fingerprint density at radius 2 is 1.06 bits per heavy atom. The predicted molar refractivity (Wildman–Crippen MR) is 206 cm³/mol. The van der Waals surface area contributed by atoms with E-state index in [1.54, 1.807) is 12.4 Å². The monoisotopic (exact) mass is 621 g/mol. The number of hydrogen-bond donors (Lipinski definition) is 0. The topological polar surface area (TPSA) is 29.0 Å². The fraction of sp³-hybridized carbons (Fsp3) is 0.136. The maximum Gasteiger partial charge on any atom is 0.243 e. The average Bonchev–Trinajstić information content (AvgIpc) is 3.08. The lowest BCUT2D eigenvalue weighted by Gasteiger charge is -2.29. The molecule has 0 bridgehead atoms. The van der Waals surface area contributed by atoms with Crippen LogP contribution in [0, 0.1) is 41.5 Å². The van der Waals surface area contributed by atoms with E-state index >= 15 is 0 Å². The molecule has 3 nitrogen and oxygen atoms in total. The Morgan fingerprint density at radius 3 is 1.62 bits per heavy atom. The third-order valence-corrected chi connectivity index (χ3v) is 9.55. The maximum absolute atomic E-state index is 4.80. The summed E-state index contributed by atoms with van der Waals surface area (Å²) in [5.74, 6) is 0.773. The van der Waals surface area contributed by atoms with E-state index in [0.717, 1.165) is 17.2 Å². The van der Waals surface area contributed by atoms with E-state index in [9.17, 15) is 0 Å². The molecule has 0 radical (unpaired) electrons. The van der Waals surface area contributed by atoms with E-state index < -0.39 is 0 Å². The van der Waals surface area contributed by atoms with Crippen molar-refractivity contribution in [2.45, 2.75) is 41.5 Å². The van der Waals surface area contributed by atoms with E-state index in [2.05, 4.69) is 167 Å². The molecule has 1 aromatic heterocycles. The van der Waals surface area contributed by atoms with E-state index in [1.165, 1.54) is 71.7 Å². The molecule has 4 heteroatoms. The molecule has 0 aliphatic heterocycles. The van der Waals surface area contributed by atoms with Gasteiger partial charge in [0.2, 0.25) is 6.71 Å². The molecular formula is C44H40BN3. The van der Waals surface area contributed by atoms with Crippen LogP contribution in [0.15, 0.2) is 134 Å². The summed E-state index contributed by atoms with van der Waals surface area (Å²) in [5, 5.41) is 2.40. The van der Waals surface area contributed by atoms with E-state index in [1.807, 2.05) is 6.20 Å². The highest BCUT2D eigenvalue weighted by atomic mass is 15.2. The molecular weight excluding hydrogens is 581 g/mol.